The molecule has 1 fully saturated rings. The van der Waals surface area contributed by atoms with Gasteiger partial charge in [-0.15, -0.1) is 0 Å². The summed E-state index contributed by atoms with van der Waals surface area (Å²) >= 11 is 3.37. The van der Waals surface area contributed by atoms with Gasteiger partial charge >= 0.3 is 0 Å². The number of hydrogen-bond acceptors (Lipinski definition) is 4. The number of amidine groups is 1. The predicted molar refractivity (Wildman–Crippen MR) is 82.4 cm³/mol. The van der Waals surface area contributed by atoms with E-state index in [9.17, 15) is 0 Å². The molecular weight excluding hydrogens is 322 g/mol. The lowest BCUT2D eigenvalue weighted by molar-refractivity contribution is 0.262. The van der Waals surface area contributed by atoms with Gasteiger partial charge in [0.1, 0.15) is 5.75 Å². The van der Waals surface area contributed by atoms with Crippen LogP contribution in [0.2, 0.25) is 0 Å². The van der Waals surface area contributed by atoms with E-state index in [0.29, 0.717) is 17.9 Å². The van der Waals surface area contributed by atoms with Crippen molar-refractivity contribution in [3.05, 3.63) is 28.2 Å². The molecule has 0 atom stereocenters. The average molecular weight is 342 g/mol. The van der Waals surface area contributed by atoms with E-state index in [1.165, 1.54) is 25.9 Å². The van der Waals surface area contributed by atoms with E-state index in [0.717, 1.165) is 17.4 Å². The smallest absolute Gasteiger partial charge is 0.173 e. The van der Waals surface area contributed by atoms with Crippen molar-refractivity contribution in [3.63, 3.8) is 0 Å². The molecule has 0 saturated carbocycles. The Morgan fingerprint density at radius 2 is 2.15 bits per heavy atom. The summed E-state index contributed by atoms with van der Waals surface area (Å²) in [5, 5.41) is 11.8. The van der Waals surface area contributed by atoms with Gasteiger partial charge in [-0.05, 0) is 50.6 Å². The van der Waals surface area contributed by atoms with Crippen LogP contribution >= 0.6 is 15.9 Å². The molecule has 5 nitrogen and oxygen atoms in total. The lowest BCUT2D eigenvalue weighted by Gasteiger charge is -2.15. The summed E-state index contributed by atoms with van der Waals surface area (Å²) in [6.07, 6.45) is 3.59. The zero-order valence-electron chi connectivity index (χ0n) is 11.4. The summed E-state index contributed by atoms with van der Waals surface area (Å²) in [6, 6.07) is 5.49. The highest BCUT2D eigenvalue weighted by atomic mass is 79.9. The maximum atomic E-state index is 8.80. The lowest BCUT2D eigenvalue weighted by atomic mass is 10.2. The van der Waals surface area contributed by atoms with E-state index in [1.54, 1.807) is 6.07 Å². The van der Waals surface area contributed by atoms with Gasteiger partial charge in [0.2, 0.25) is 0 Å². The Morgan fingerprint density at radius 1 is 1.40 bits per heavy atom. The van der Waals surface area contributed by atoms with Crippen LogP contribution in [0.15, 0.2) is 27.8 Å². The molecule has 0 aromatic heterocycles. The Labute approximate surface area is 127 Å². The summed E-state index contributed by atoms with van der Waals surface area (Å²) in [5.41, 5.74) is 6.26. The molecule has 1 aliphatic rings. The molecule has 0 spiro atoms. The summed E-state index contributed by atoms with van der Waals surface area (Å²) < 4.78 is 6.62. The molecule has 1 aromatic carbocycles. The molecule has 0 amide bonds. The quantitative estimate of drug-likeness (QED) is 0.274. The fourth-order valence-electron chi connectivity index (χ4n) is 2.36. The highest BCUT2D eigenvalue weighted by Gasteiger charge is 2.12. The van der Waals surface area contributed by atoms with E-state index in [4.69, 9.17) is 15.7 Å². The molecule has 0 radical (unpaired) electrons. The molecule has 1 aliphatic heterocycles. The van der Waals surface area contributed by atoms with Crippen molar-refractivity contribution in [3.8, 4) is 5.75 Å². The minimum Gasteiger partial charge on any atom is -0.493 e. The second kappa shape index (κ2) is 7.50. The van der Waals surface area contributed by atoms with Crippen molar-refractivity contribution in [1.82, 2.24) is 4.90 Å². The molecule has 2 rings (SSSR count). The topological polar surface area (TPSA) is 71.1 Å². The fraction of sp³-hybridized carbons (Fsp3) is 0.500. The minimum atomic E-state index is 0.0563. The maximum absolute atomic E-state index is 8.80. The number of halogens is 1. The van der Waals surface area contributed by atoms with Crippen LogP contribution in [0.25, 0.3) is 0 Å². The number of oxime groups is 1. The maximum Gasteiger partial charge on any atom is 0.173 e. The average Bonchev–Trinajstić information content (AvgIpc) is 2.97. The van der Waals surface area contributed by atoms with E-state index in [1.807, 2.05) is 12.1 Å². The molecule has 0 aliphatic carbocycles. The second-order valence-corrected chi connectivity index (χ2v) is 5.79. The van der Waals surface area contributed by atoms with Crippen LogP contribution in [0.1, 0.15) is 24.8 Å². The molecule has 3 N–H and O–H groups in total. The zero-order valence-corrected chi connectivity index (χ0v) is 13.0. The molecule has 1 aromatic rings. The standard InChI is InChI=1S/C14H20BrN3O2/c15-11-4-5-13(12(10-11)14(16)17-19)20-9-3-8-18-6-1-2-7-18/h4-5,10,19H,1-3,6-9H2,(H2,16,17). The number of nitrogens with two attached hydrogens (primary N) is 1. The first-order valence-electron chi connectivity index (χ1n) is 6.83. The molecular formula is C14H20BrN3O2. The first-order chi connectivity index (χ1) is 9.70. The zero-order chi connectivity index (χ0) is 14.4. The van der Waals surface area contributed by atoms with Crippen LogP contribution in [0.3, 0.4) is 0 Å². The number of ether oxygens (including phenoxy) is 1. The third kappa shape index (κ3) is 4.11. The summed E-state index contributed by atoms with van der Waals surface area (Å²) in [6.45, 7) is 4.10. The van der Waals surface area contributed by atoms with Gasteiger partial charge in [0.25, 0.3) is 0 Å². The van der Waals surface area contributed by atoms with Gasteiger partial charge < -0.3 is 20.6 Å². The highest BCUT2D eigenvalue weighted by molar-refractivity contribution is 9.10. The van der Waals surface area contributed by atoms with Crippen LogP contribution in [0, 0.1) is 0 Å². The molecule has 1 saturated heterocycles. The third-order valence-corrected chi connectivity index (χ3v) is 3.89. The highest BCUT2D eigenvalue weighted by Crippen LogP contribution is 2.23. The fourth-order valence-corrected chi connectivity index (χ4v) is 2.72. The van der Waals surface area contributed by atoms with Crippen LogP contribution < -0.4 is 10.5 Å². The third-order valence-electron chi connectivity index (χ3n) is 3.40. The van der Waals surface area contributed by atoms with Gasteiger partial charge in [0, 0.05) is 11.0 Å². The molecule has 20 heavy (non-hydrogen) atoms. The van der Waals surface area contributed by atoms with Crippen molar-refractivity contribution in [1.29, 1.82) is 0 Å². The number of nitrogens with zero attached hydrogens (tertiary/aromatic N) is 2. The number of rotatable bonds is 6. The van der Waals surface area contributed by atoms with Crippen molar-refractivity contribution in [2.45, 2.75) is 19.3 Å². The van der Waals surface area contributed by atoms with Gasteiger partial charge in [-0.2, -0.15) is 0 Å². The lowest BCUT2D eigenvalue weighted by Crippen LogP contribution is -2.22. The van der Waals surface area contributed by atoms with Gasteiger partial charge in [0.05, 0.1) is 12.2 Å². The predicted octanol–water partition coefficient (Wildman–Crippen LogP) is 2.41. The Bertz CT molecular complexity index is 473. The number of hydrogen-bond donors (Lipinski definition) is 2. The van der Waals surface area contributed by atoms with Crippen LogP contribution in [0.4, 0.5) is 0 Å². The SMILES string of the molecule is N/C(=N/O)c1cc(Br)ccc1OCCCN1CCCC1. The molecule has 110 valence electrons. The summed E-state index contributed by atoms with van der Waals surface area (Å²) in [5.74, 6) is 0.700. The van der Waals surface area contributed by atoms with E-state index >= 15 is 0 Å². The Balaban J connectivity index is 1.88. The first kappa shape index (κ1) is 15.1. The molecule has 1 heterocycles. The van der Waals surface area contributed by atoms with Gasteiger partial charge in [0.15, 0.2) is 5.84 Å². The van der Waals surface area contributed by atoms with E-state index < -0.39 is 0 Å². The van der Waals surface area contributed by atoms with Crippen LogP contribution in [-0.4, -0.2) is 42.2 Å². The summed E-state index contributed by atoms with van der Waals surface area (Å²) in [4.78, 5) is 2.45. The number of benzene rings is 1. The van der Waals surface area contributed by atoms with Crippen molar-refractivity contribution < 1.29 is 9.94 Å². The van der Waals surface area contributed by atoms with Crippen molar-refractivity contribution >= 4 is 21.8 Å². The van der Waals surface area contributed by atoms with Crippen LogP contribution in [-0.2, 0) is 0 Å². The first-order valence-corrected chi connectivity index (χ1v) is 7.62. The number of likely N-dealkylation sites (tertiary alicyclic amines) is 1. The monoisotopic (exact) mass is 341 g/mol. The molecule has 0 unspecified atom stereocenters. The van der Waals surface area contributed by atoms with Gasteiger partial charge in [-0.1, -0.05) is 21.1 Å². The Hall–Kier alpha value is -1.27. The molecule has 6 heteroatoms. The Morgan fingerprint density at radius 3 is 2.85 bits per heavy atom. The van der Waals surface area contributed by atoms with Gasteiger partial charge in [-0.3, -0.25) is 0 Å². The van der Waals surface area contributed by atoms with Crippen molar-refractivity contribution in [2.24, 2.45) is 10.9 Å². The normalized spacial score (nSPS) is 16.6. The Kier molecular flexibility index (Phi) is 5.67. The summed E-state index contributed by atoms with van der Waals surface area (Å²) in [7, 11) is 0. The largest absolute Gasteiger partial charge is 0.493 e. The van der Waals surface area contributed by atoms with E-state index in [2.05, 4.69) is 26.0 Å². The van der Waals surface area contributed by atoms with Crippen LogP contribution in [0.5, 0.6) is 5.75 Å². The van der Waals surface area contributed by atoms with Gasteiger partial charge in [-0.25, -0.2) is 0 Å². The minimum absolute atomic E-state index is 0.0563. The van der Waals surface area contributed by atoms with Crippen molar-refractivity contribution in [2.75, 3.05) is 26.2 Å². The van der Waals surface area contributed by atoms with E-state index in [-0.39, 0.29) is 5.84 Å². The second-order valence-electron chi connectivity index (χ2n) is 4.88. The molecule has 0 bridgehead atoms.